The van der Waals surface area contributed by atoms with Crippen LogP contribution in [0, 0.1) is 6.92 Å². The minimum absolute atomic E-state index is 0.0830. The Balaban J connectivity index is 1.93. The van der Waals surface area contributed by atoms with Crippen LogP contribution >= 0.6 is 15.9 Å². The molecule has 1 aromatic rings. The minimum Gasteiger partial charge on any atom is -0.372 e. The minimum atomic E-state index is -3.68. The van der Waals surface area contributed by atoms with Gasteiger partial charge in [0, 0.05) is 5.33 Å². The van der Waals surface area contributed by atoms with Crippen molar-refractivity contribution in [3.8, 4) is 0 Å². The van der Waals surface area contributed by atoms with Gasteiger partial charge in [0.1, 0.15) is 0 Å². The molecule has 0 N–H and O–H groups in total. The molecule has 1 aromatic carbocycles. The zero-order chi connectivity index (χ0) is 13.9. The van der Waals surface area contributed by atoms with Crippen LogP contribution in [0.4, 0.5) is 0 Å². The van der Waals surface area contributed by atoms with E-state index in [1.807, 2.05) is 6.92 Å². The van der Waals surface area contributed by atoms with Crippen molar-refractivity contribution in [2.24, 2.45) is 0 Å². The first-order valence-electron chi connectivity index (χ1n) is 6.19. The number of halogens is 1. The van der Waals surface area contributed by atoms with Crippen molar-refractivity contribution in [3.63, 3.8) is 0 Å². The normalized spacial score (nSPS) is 23.7. The van der Waals surface area contributed by atoms with Gasteiger partial charge in [0.25, 0.3) is 10.1 Å². The van der Waals surface area contributed by atoms with E-state index >= 15 is 0 Å². The highest BCUT2D eigenvalue weighted by molar-refractivity contribution is 9.09. The van der Waals surface area contributed by atoms with Crippen molar-refractivity contribution in [2.75, 3.05) is 11.9 Å². The van der Waals surface area contributed by atoms with Crippen molar-refractivity contribution in [2.45, 2.75) is 36.9 Å². The van der Waals surface area contributed by atoms with E-state index in [4.69, 9.17) is 8.92 Å². The zero-order valence-electron chi connectivity index (χ0n) is 10.7. The summed E-state index contributed by atoms with van der Waals surface area (Å²) in [5.74, 6) is 0. The van der Waals surface area contributed by atoms with Gasteiger partial charge < -0.3 is 4.74 Å². The molecule has 0 bridgehead atoms. The average Bonchev–Trinajstić information content (AvgIpc) is 2.85. The number of aryl methyl sites for hydroxylation is 1. The Morgan fingerprint density at radius 3 is 2.47 bits per heavy atom. The summed E-state index contributed by atoms with van der Waals surface area (Å²) in [4.78, 5) is 0.188. The van der Waals surface area contributed by atoms with Gasteiger partial charge in [0.2, 0.25) is 0 Å². The van der Waals surface area contributed by atoms with Crippen molar-refractivity contribution in [1.29, 1.82) is 0 Å². The molecule has 1 aliphatic heterocycles. The molecule has 1 aliphatic rings. The van der Waals surface area contributed by atoms with Crippen molar-refractivity contribution < 1.29 is 17.3 Å². The molecule has 1 fully saturated rings. The van der Waals surface area contributed by atoms with Gasteiger partial charge in [-0.05, 0) is 31.9 Å². The number of alkyl halides is 1. The predicted octanol–water partition coefficient (Wildman–Crippen LogP) is 2.64. The quantitative estimate of drug-likeness (QED) is 0.606. The van der Waals surface area contributed by atoms with E-state index in [1.165, 1.54) is 0 Å². The number of hydrogen-bond acceptors (Lipinski definition) is 4. The summed E-state index contributed by atoms with van der Waals surface area (Å²) in [6, 6.07) is 6.62. The Labute approximate surface area is 122 Å². The largest absolute Gasteiger partial charge is 0.372 e. The number of rotatable bonds is 5. The Hall–Kier alpha value is -0.430. The smallest absolute Gasteiger partial charge is 0.297 e. The molecular weight excluding hydrogens is 332 g/mol. The maximum Gasteiger partial charge on any atom is 0.297 e. The van der Waals surface area contributed by atoms with Gasteiger partial charge in [0.15, 0.2) is 0 Å². The van der Waals surface area contributed by atoms with Crippen LogP contribution < -0.4 is 0 Å². The lowest BCUT2D eigenvalue weighted by atomic mass is 10.2. The molecule has 2 atom stereocenters. The third-order valence-corrected chi connectivity index (χ3v) is 5.10. The van der Waals surface area contributed by atoms with E-state index in [0.29, 0.717) is 0 Å². The van der Waals surface area contributed by atoms with Crippen molar-refractivity contribution in [1.82, 2.24) is 0 Å². The summed E-state index contributed by atoms with van der Waals surface area (Å²) < 4.78 is 34.6. The third-order valence-electron chi connectivity index (χ3n) is 3.09. The van der Waals surface area contributed by atoms with Crippen LogP contribution in [0.1, 0.15) is 18.4 Å². The molecule has 0 aromatic heterocycles. The van der Waals surface area contributed by atoms with Gasteiger partial charge in [-0.15, -0.1) is 0 Å². The van der Waals surface area contributed by atoms with Gasteiger partial charge in [-0.25, -0.2) is 0 Å². The van der Waals surface area contributed by atoms with E-state index in [-0.39, 0.29) is 23.7 Å². The molecule has 1 saturated heterocycles. The van der Waals surface area contributed by atoms with E-state index in [2.05, 4.69) is 15.9 Å². The zero-order valence-corrected chi connectivity index (χ0v) is 13.1. The maximum absolute atomic E-state index is 12.0. The molecule has 19 heavy (non-hydrogen) atoms. The summed E-state index contributed by atoms with van der Waals surface area (Å²) in [5.41, 5.74) is 1.01. The van der Waals surface area contributed by atoms with Crippen LogP contribution in [-0.2, 0) is 19.0 Å². The lowest BCUT2D eigenvalue weighted by molar-refractivity contribution is 0.0305. The molecule has 2 rings (SSSR count). The Morgan fingerprint density at radius 1 is 1.26 bits per heavy atom. The second-order valence-corrected chi connectivity index (χ2v) is 6.93. The fourth-order valence-corrected chi connectivity index (χ4v) is 3.37. The van der Waals surface area contributed by atoms with Crippen molar-refractivity contribution in [3.05, 3.63) is 29.8 Å². The Bertz CT molecular complexity index is 512. The molecule has 106 valence electrons. The van der Waals surface area contributed by atoms with E-state index in [1.54, 1.807) is 24.3 Å². The van der Waals surface area contributed by atoms with E-state index in [0.717, 1.165) is 23.7 Å². The topological polar surface area (TPSA) is 52.6 Å². The Kier molecular flexibility index (Phi) is 5.00. The summed E-state index contributed by atoms with van der Waals surface area (Å²) in [6.45, 7) is 1.99. The summed E-state index contributed by atoms with van der Waals surface area (Å²) in [6.07, 6.45) is 1.79. The highest BCUT2D eigenvalue weighted by atomic mass is 79.9. The molecule has 0 aliphatic carbocycles. The number of hydrogen-bond donors (Lipinski definition) is 0. The van der Waals surface area contributed by atoms with E-state index < -0.39 is 10.1 Å². The molecule has 6 heteroatoms. The van der Waals surface area contributed by atoms with Crippen LogP contribution in [0.3, 0.4) is 0 Å². The summed E-state index contributed by atoms with van der Waals surface area (Å²) in [5, 5.41) is 0.772. The molecule has 0 unspecified atom stereocenters. The van der Waals surface area contributed by atoms with Gasteiger partial charge in [-0.2, -0.15) is 8.42 Å². The molecular formula is C13H17BrO4S. The highest BCUT2D eigenvalue weighted by Gasteiger charge is 2.26. The molecule has 0 spiro atoms. The lowest BCUT2D eigenvalue weighted by Gasteiger charge is -2.12. The van der Waals surface area contributed by atoms with Crippen LogP contribution in [0.2, 0.25) is 0 Å². The summed E-state index contributed by atoms with van der Waals surface area (Å²) >= 11 is 3.35. The van der Waals surface area contributed by atoms with E-state index in [9.17, 15) is 8.42 Å². The molecule has 0 amide bonds. The van der Waals surface area contributed by atoms with Gasteiger partial charge in [-0.1, -0.05) is 33.6 Å². The molecule has 0 saturated carbocycles. The van der Waals surface area contributed by atoms with Gasteiger partial charge >= 0.3 is 0 Å². The first-order valence-corrected chi connectivity index (χ1v) is 8.72. The average molecular weight is 349 g/mol. The lowest BCUT2D eigenvalue weighted by Crippen LogP contribution is -2.20. The summed E-state index contributed by atoms with van der Waals surface area (Å²) in [7, 11) is -3.68. The fourth-order valence-electron chi connectivity index (χ4n) is 1.95. The monoisotopic (exact) mass is 348 g/mol. The highest BCUT2D eigenvalue weighted by Crippen LogP contribution is 2.22. The SMILES string of the molecule is Cc1ccc(S(=O)(=O)OC[C@H]2CC[C@@H](CBr)O2)cc1. The van der Waals surface area contributed by atoms with Gasteiger partial charge in [0.05, 0.1) is 23.7 Å². The van der Waals surface area contributed by atoms with Crippen LogP contribution in [-0.4, -0.2) is 32.6 Å². The van der Waals surface area contributed by atoms with Crippen LogP contribution in [0.5, 0.6) is 0 Å². The molecule has 1 heterocycles. The standard InChI is InChI=1S/C13H17BrO4S/c1-10-2-6-13(7-3-10)19(15,16)17-9-12-5-4-11(8-14)18-12/h2-3,6-7,11-12H,4-5,8-9H2,1H3/t11-,12+/m0/s1. The fraction of sp³-hybridized carbons (Fsp3) is 0.538. The first kappa shape index (κ1) is 15.0. The number of ether oxygens (including phenoxy) is 1. The second-order valence-electron chi connectivity index (χ2n) is 4.66. The third kappa shape index (κ3) is 4.02. The maximum atomic E-state index is 12.0. The van der Waals surface area contributed by atoms with Crippen LogP contribution in [0.15, 0.2) is 29.2 Å². The number of benzene rings is 1. The molecule has 4 nitrogen and oxygen atoms in total. The van der Waals surface area contributed by atoms with Crippen molar-refractivity contribution >= 4 is 26.0 Å². The predicted molar refractivity (Wildman–Crippen MR) is 76.0 cm³/mol. The van der Waals surface area contributed by atoms with Gasteiger partial charge in [-0.3, -0.25) is 4.18 Å². The first-order chi connectivity index (χ1) is 9.01. The second kappa shape index (κ2) is 6.35. The molecule has 0 radical (unpaired) electrons. The van der Waals surface area contributed by atoms with Crippen LogP contribution in [0.25, 0.3) is 0 Å². The Morgan fingerprint density at radius 2 is 1.89 bits per heavy atom.